The van der Waals surface area contributed by atoms with E-state index in [2.05, 4.69) is 10.1 Å². The van der Waals surface area contributed by atoms with E-state index in [-0.39, 0.29) is 17.9 Å². The molecule has 0 spiro atoms. The molecule has 2 aliphatic rings. The van der Waals surface area contributed by atoms with E-state index in [1.165, 1.54) is 27.4 Å². The summed E-state index contributed by atoms with van der Waals surface area (Å²) >= 11 is 8.90. The number of aromatic nitrogens is 3. The Kier molecular flexibility index (Phi) is 5.89. The minimum absolute atomic E-state index is 0.0353. The van der Waals surface area contributed by atoms with Crippen LogP contribution in [-0.4, -0.2) is 82.9 Å². The summed E-state index contributed by atoms with van der Waals surface area (Å²) in [6, 6.07) is 5.68. The third-order valence-corrected chi connectivity index (χ3v) is 7.53. The zero-order valence-electron chi connectivity index (χ0n) is 17.3. The molecule has 2 saturated heterocycles. The number of carbonyl (C=O) groups excluding carboxylic acids is 2. The van der Waals surface area contributed by atoms with E-state index < -0.39 is 0 Å². The molecule has 2 fully saturated rings. The summed E-state index contributed by atoms with van der Waals surface area (Å²) in [5, 5.41) is 7.24. The van der Waals surface area contributed by atoms with Crippen LogP contribution >= 0.6 is 34.3 Å². The van der Waals surface area contributed by atoms with Crippen LogP contribution in [-0.2, 0) is 4.74 Å². The number of thiazole rings is 1. The monoisotopic (exact) mass is 492 g/mol. The molecule has 0 unspecified atom stereocenters. The molecule has 32 heavy (non-hydrogen) atoms. The zero-order valence-corrected chi connectivity index (χ0v) is 19.7. The van der Waals surface area contributed by atoms with Crippen molar-refractivity contribution in [3.63, 3.8) is 0 Å². The number of halogens is 1. The van der Waals surface area contributed by atoms with E-state index >= 15 is 0 Å². The van der Waals surface area contributed by atoms with Gasteiger partial charge in [0, 0.05) is 50.6 Å². The summed E-state index contributed by atoms with van der Waals surface area (Å²) < 4.78 is 7.39. The van der Waals surface area contributed by atoms with Crippen LogP contribution in [0.2, 0.25) is 4.34 Å². The molecule has 0 aliphatic carbocycles. The smallest absolute Gasteiger partial charge is 0.320 e. The van der Waals surface area contributed by atoms with Gasteiger partial charge in [-0.3, -0.25) is 4.79 Å². The number of carbonyl (C=O) groups is 2. The Morgan fingerprint density at radius 2 is 2.00 bits per heavy atom. The van der Waals surface area contributed by atoms with Crippen molar-refractivity contribution in [2.24, 2.45) is 0 Å². The largest absolute Gasteiger partial charge is 0.378 e. The maximum Gasteiger partial charge on any atom is 0.320 e. The number of likely N-dealkylation sites (tertiary alicyclic amines) is 1. The van der Waals surface area contributed by atoms with Crippen molar-refractivity contribution >= 4 is 57.0 Å². The quantitative estimate of drug-likeness (QED) is 0.555. The highest BCUT2D eigenvalue weighted by Gasteiger charge is 2.37. The second-order valence-electron chi connectivity index (χ2n) is 7.64. The van der Waals surface area contributed by atoms with Gasteiger partial charge in [-0.2, -0.15) is 9.78 Å². The predicted octanol–water partition coefficient (Wildman–Crippen LogP) is 3.36. The fourth-order valence-electron chi connectivity index (χ4n) is 3.78. The summed E-state index contributed by atoms with van der Waals surface area (Å²) in [6.45, 7) is 3.55. The fraction of sp³-hybridized carbons (Fsp3) is 0.400. The van der Waals surface area contributed by atoms with Crippen LogP contribution < -0.4 is 4.90 Å². The second-order valence-corrected chi connectivity index (χ2v) is 10.1. The number of anilines is 2. The van der Waals surface area contributed by atoms with Gasteiger partial charge in [0.05, 0.1) is 33.8 Å². The van der Waals surface area contributed by atoms with Crippen LogP contribution in [0.25, 0.3) is 0 Å². The number of amides is 2. The minimum Gasteiger partial charge on any atom is -0.378 e. The standard InChI is InChI=1S/C20H21ClN6O3S2/c1-24(18-3-2-16(21)32-18)17-8-14(23-27(17)19(28)15-11-31-12-22-15)13-9-26(10-13)20(29)25-4-6-30-7-5-25/h2-3,8,11-13H,4-7,9-10H2,1H3. The second kappa shape index (κ2) is 8.81. The van der Waals surface area contributed by atoms with Crippen LogP contribution in [0.3, 0.4) is 0 Å². The predicted molar refractivity (Wildman–Crippen MR) is 124 cm³/mol. The molecule has 9 nitrogen and oxygen atoms in total. The van der Waals surface area contributed by atoms with E-state index in [1.807, 2.05) is 39.9 Å². The molecular formula is C20H21ClN6O3S2. The summed E-state index contributed by atoms with van der Waals surface area (Å²) in [4.78, 5) is 35.5. The lowest BCUT2D eigenvalue weighted by Crippen LogP contribution is -2.56. The van der Waals surface area contributed by atoms with Crippen molar-refractivity contribution in [3.05, 3.63) is 44.8 Å². The van der Waals surface area contributed by atoms with Crippen LogP contribution in [0, 0.1) is 0 Å². The number of hydrogen-bond acceptors (Lipinski definition) is 8. The fourth-order valence-corrected chi connectivity index (χ4v) is 5.31. The van der Waals surface area contributed by atoms with Crippen molar-refractivity contribution in [2.75, 3.05) is 51.3 Å². The van der Waals surface area contributed by atoms with Crippen molar-refractivity contribution < 1.29 is 14.3 Å². The Hall–Kier alpha value is -2.47. The molecule has 0 atom stereocenters. The molecule has 0 bridgehead atoms. The molecule has 3 aromatic heterocycles. The third-order valence-electron chi connectivity index (χ3n) is 5.64. The Labute approximate surface area is 197 Å². The van der Waals surface area contributed by atoms with Crippen LogP contribution in [0.1, 0.15) is 22.1 Å². The van der Waals surface area contributed by atoms with Crippen molar-refractivity contribution in [2.45, 2.75) is 5.92 Å². The first-order chi connectivity index (χ1) is 15.5. The van der Waals surface area contributed by atoms with E-state index in [4.69, 9.17) is 16.3 Å². The number of rotatable bonds is 4. The van der Waals surface area contributed by atoms with E-state index in [1.54, 1.807) is 10.9 Å². The van der Waals surface area contributed by atoms with Gasteiger partial charge >= 0.3 is 6.03 Å². The normalized spacial score (nSPS) is 16.8. The lowest BCUT2D eigenvalue weighted by Gasteiger charge is -2.42. The number of morpholine rings is 1. The third kappa shape index (κ3) is 4.01. The maximum atomic E-state index is 13.1. The average Bonchev–Trinajstić information content (AvgIpc) is 3.53. The summed E-state index contributed by atoms with van der Waals surface area (Å²) in [5.74, 6) is 0.417. The lowest BCUT2D eigenvalue weighted by molar-refractivity contribution is 0.0346. The first kappa shape index (κ1) is 21.4. The Bertz CT molecular complexity index is 1120. The number of ether oxygens (including phenoxy) is 1. The lowest BCUT2D eigenvalue weighted by atomic mass is 9.97. The summed E-state index contributed by atoms with van der Waals surface area (Å²) in [5.41, 5.74) is 2.76. The van der Waals surface area contributed by atoms with Crippen molar-refractivity contribution in [1.29, 1.82) is 0 Å². The Balaban J connectivity index is 1.38. The minimum atomic E-state index is -0.289. The van der Waals surface area contributed by atoms with Gasteiger partial charge in [0.15, 0.2) is 0 Å². The SMILES string of the molecule is CN(c1ccc(Cl)s1)c1cc(C2CN(C(=O)N3CCOCC3)C2)nn1C(=O)c1cscn1. The highest BCUT2D eigenvalue weighted by molar-refractivity contribution is 7.20. The molecule has 0 saturated carbocycles. The highest BCUT2D eigenvalue weighted by Crippen LogP contribution is 2.36. The molecule has 0 radical (unpaired) electrons. The van der Waals surface area contributed by atoms with Crippen LogP contribution in [0.4, 0.5) is 15.6 Å². The van der Waals surface area contributed by atoms with Gasteiger partial charge in [0.25, 0.3) is 5.91 Å². The molecule has 2 amide bonds. The number of thiophene rings is 1. The van der Waals surface area contributed by atoms with Crippen LogP contribution in [0.5, 0.6) is 0 Å². The molecule has 5 rings (SSSR count). The van der Waals surface area contributed by atoms with Gasteiger partial charge in [0.1, 0.15) is 11.5 Å². The number of urea groups is 1. The van der Waals surface area contributed by atoms with E-state index in [0.717, 1.165) is 10.7 Å². The highest BCUT2D eigenvalue weighted by atomic mass is 35.5. The average molecular weight is 493 g/mol. The van der Waals surface area contributed by atoms with Crippen molar-refractivity contribution in [3.8, 4) is 0 Å². The van der Waals surface area contributed by atoms with Crippen molar-refractivity contribution in [1.82, 2.24) is 24.6 Å². The van der Waals surface area contributed by atoms with Gasteiger partial charge in [-0.25, -0.2) is 9.78 Å². The molecule has 2 aliphatic heterocycles. The number of nitrogens with zero attached hydrogens (tertiary/aromatic N) is 6. The van der Waals surface area contributed by atoms with Gasteiger partial charge in [0.2, 0.25) is 0 Å². The molecule has 12 heteroatoms. The summed E-state index contributed by atoms with van der Waals surface area (Å²) in [7, 11) is 1.88. The first-order valence-corrected chi connectivity index (χ1v) is 12.3. The first-order valence-electron chi connectivity index (χ1n) is 10.1. The molecule has 0 N–H and O–H groups in total. The Morgan fingerprint density at radius 3 is 2.66 bits per heavy atom. The van der Waals surface area contributed by atoms with Gasteiger partial charge in [-0.1, -0.05) is 11.6 Å². The maximum absolute atomic E-state index is 13.1. The zero-order chi connectivity index (χ0) is 22.2. The molecule has 168 valence electrons. The molecular weight excluding hydrogens is 472 g/mol. The van der Waals surface area contributed by atoms with E-state index in [9.17, 15) is 9.59 Å². The summed E-state index contributed by atoms with van der Waals surface area (Å²) in [6.07, 6.45) is 0. The van der Waals surface area contributed by atoms with Gasteiger partial charge in [-0.15, -0.1) is 22.7 Å². The molecule has 3 aromatic rings. The van der Waals surface area contributed by atoms with Gasteiger partial charge < -0.3 is 19.4 Å². The Morgan fingerprint density at radius 1 is 1.22 bits per heavy atom. The van der Waals surface area contributed by atoms with Crippen LogP contribution in [0.15, 0.2) is 29.1 Å². The number of hydrogen-bond donors (Lipinski definition) is 0. The topological polar surface area (TPSA) is 83.8 Å². The van der Waals surface area contributed by atoms with Gasteiger partial charge in [-0.05, 0) is 12.1 Å². The molecule has 5 heterocycles. The molecule has 0 aromatic carbocycles. The van der Waals surface area contributed by atoms with E-state index in [0.29, 0.717) is 55.2 Å².